The van der Waals surface area contributed by atoms with Crippen LogP contribution < -0.4 is 0 Å². The Morgan fingerprint density at radius 1 is 1.04 bits per heavy atom. The normalized spacial score (nSPS) is 14.8. The van der Waals surface area contributed by atoms with Gasteiger partial charge in [-0.05, 0) is 46.6 Å². The zero-order valence-corrected chi connectivity index (χ0v) is 18.9. The van der Waals surface area contributed by atoms with Crippen molar-refractivity contribution in [3.63, 3.8) is 0 Å². The van der Waals surface area contributed by atoms with Crippen LogP contribution in [0.15, 0.2) is 12.1 Å². The van der Waals surface area contributed by atoms with Crippen LogP contribution in [0.3, 0.4) is 0 Å². The van der Waals surface area contributed by atoms with Gasteiger partial charge in [-0.2, -0.15) is 0 Å². The van der Waals surface area contributed by atoms with E-state index in [2.05, 4.69) is 0 Å². The van der Waals surface area contributed by atoms with E-state index in [1.54, 1.807) is 6.92 Å². The Hall–Kier alpha value is 0.390. The van der Waals surface area contributed by atoms with Crippen LogP contribution in [-0.2, 0) is 31.0 Å². The number of hydrogen-bond donors (Lipinski definition) is 2. The molecular formula is C17H31CaO5P. The number of phenols is 1. The van der Waals surface area contributed by atoms with Crippen molar-refractivity contribution in [1.82, 2.24) is 0 Å². The minimum Gasteiger partial charge on any atom is -1.00 e. The fourth-order valence-corrected chi connectivity index (χ4v) is 2.99. The fraction of sp³-hybridized carbons (Fsp3) is 0.647. The molecule has 0 saturated heterocycles. The molecule has 136 valence electrons. The average molecular weight is 386 g/mol. The van der Waals surface area contributed by atoms with Crippen molar-refractivity contribution in [1.29, 1.82) is 0 Å². The summed E-state index contributed by atoms with van der Waals surface area (Å²) in [5.41, 5.74) is 1.78. The first-order valence-corrected chi connectivity index (χ1v) is 9.26. The zero-order chi connectivity index (χ0) is 18.1. The van der Waals surface area contributed by atoms with Gasteiger partial charge in [0, 0.05) is 0 Å². The van der Waals surface area contributed by atoms with Gasteiger partial charge in [0.2, 0.25) is 0 Å². The molecule has 0 bridgehead atoms. The second-order valence-electron chi connectivity index (χ2n) is 7.70. The minimum atomic E-state index is -4.04. The molecule has 24 heavy (non-hydrogen) atoms. The second-order valence-corrected chi connectivity index (χ2v) is 9.15. The van der Waals surface area contributed by atoms with Crippen LogP contribution in [0.1, 0.15) is 68.0 Å². The molecule has 5 nitrogen and oxygen atoms in total. The molecule has 0 heterocycles. The van der Waals surface area contributed by atoms with E-state index in [9.17, 15) is 14.6 Å². The Balaban J connectivity index is -0.00000176. The van der Waals surface area contributed by atoms with E-state index in [1.807, 2.05) is 53.7 Å². The van der Waals surface area contributed by atoms with E-state index in [0.717, 1.165) is 16.7 Å². The Morgan fingerprint density at radius 2 is 1.46 bits per heavy atom. The van der Waals surface area contributed by atoms with Crippen LogP contribution in [0.4, 0.5) is 0 Å². The summed E-state index contributed by atoms with van der Waals surface area (Å²) < 4.78 is 21.4. The van der Waals surface area contributed by atoms with Gasteiger partial charge in [0.05, 0.1) is 13.2 Å². The third kappa shape index (κ3) is 6.95. The van der Waals surface area contributed by atoms with Crippen molar-refractivity contribution >= 4 is 45.6 Å². The number of hydrogen-bond acceptors (Lipinski definition) is 4. The largest absolute Gasteiger partial charge is 2.00 e. The molecule has 1 atom stereocenters. The number of aromatic hydroxyl groups is 1. The molecule has 0 aliphatic carbocycles. The van der Waals surface area contributed by atoms with Crippen LogP contribution >= 0.6 is 7.82 Å². The van der Waals surface area contributed by atoms with Crippen LogP contribution in [-0.4, -0.2) is 54.3 Å². The first-order chi connectivity index (χ1) is 10.3. The molecule has 0 saturated carbocycles. The van der Waals surface area contributed by atoms with Crippen molar-refractivity contribution in [2.45, 2.75) is 65.9 Å². The van der Waals surface area contributed by atoms with Gasteiger partial charge in [-0.3, -0.25) is 9.05 Å². The molecule has 7 heteroatoms. The Bertz CT molecular complexity index is 577. The summed E-state index contributed by atoms with van der Waals surface area (Å²) in [4.78, 5) is 9.55. The van der Waals surface area contributed by atoms with E-state index >= 15 is 0 Å². The molecule has 0 spiro atoms. The van der Waals surface area contributed by atoms with E-state index in [0.29, 0.717) is 0 Å². The second kappa shape index (κ2) is 8.85. The molecule has 1 aromatic carbocycles. The molecule has 0 radical (unpaired) electrons. The molecular weight excluding hydrogens is 355 g/mol. The average Bonchev–Trinajstić information content (AvgIpc) is 2.34. The third-order valence-corrected chi connectivity index (χ3v) is 4.51. The maximum atomic E-state index is 11.7. The summed E-state index contributed by atoms with van der Waals surface area (Å²) in [5, 5.41) is 10.6. The molecule has 2 N–H and O–H groups in total. The number of phosphoric ester groups is 1. The number of phenolic OH excluding ortho intramolecular Hbond substituents is 1. The minimum absolute atomic E-state index is 0. The Morgan fingerprint density at radius 3 is 1.79 bits per heavy atom. The number of rotatable bonds is 5. The van der Waals surface area contributed by atoms with Gasteiger partial charge in [0.1, 0.15) is 5.75 Å². The quantitative estimate of drug-likeness (QED) is 0.576. The van der Waals surface area contributed by atoms with E-state index in [1.165, 1.54) is 0 Å². The van der Waals surface area contributed by atoms with Crippen molar-refractivity contribution < 1.29 is 26.5 Å². The van der Waals surface area contributed by atoms with Gasteiger partial charge in [-0.25, -0.2) is 4.57 Å². The molecule has 0 amide bonds. The molecule has 0 aliphatic rings. The SMILES string of the molecule is CCOP(=O)(O)OCc1cc(C(C)(C)C)c(O)c(C(C)(C)C)c1.[Ca+2].[H-].[H-]. The molecule has 0 aliphatic heterocycles. The molecule has 1 unspecified atom stereocenters. The van der Waals surface area contributed by atoms with E-state index < -0.39 is 7.82 Å². The van der Waals surface area contributed by atoms with Gasteiger partial charge in [0.25, 0.3) is 0 Å². The molecule has 0 aromatic heterocycles. The van der Waals surface area contributed by atoms with Crippen molar-refractivity contribution in [3.05, 3.63) is 28.8 Å². The Labute approximate surface area is 178 Å². The van der Waals surface area contributed by atoms with Crippen LogP contribution in [0, 0.1) is 0 Å². The fourth-order valence-electron chi connectivity index (χ4n) is 2.28. The standard InChI is InChI=1S/C17H29O5P.Ca.2H/c1-8-21-23(19,20)22-11-12-9-13(16(2,3)4)15(18)14(10-12)17(5,6)7;;;/h9-10,18H,8,11H2,1-7H3,(H,19,20);;;/q;+2;2*-1. The summed E-state index contributed by atoms with van der Waals surface area (Å²) in [7, 11) is -4.04. The number of phosphoric acid groups is 1. The molecule has 1 rings (SSSR count). The van der Waals surface area contributed by atoms with Gasteiger partial charge in [-0.1, -0.05) is 41.5 Å². The van der Waals surface area contributed by atoms with Crippen molar-refractivity contribution in [2.24, 2.45) is 0 Å². The first kappa shape index (κ1) is 24.4. The van der Waals surface area contributed by atoms with Gasteiger partial charge in [-0.15, -0.1) is 0 Å². The van der Waals surface area contributed by atoms with Crippen LogP contribution in [0.25, 0.3) is 0 Å². The zero-order valence-electron chi connectivity index (χ0n) is 17.8. The van der Waals surface area contributed by atoms with E-state index in [4.69, 9.17) is 9.05 Å². The maximum absolute atomic E-state index is 11.7. The number of benzene rings is 1. The van der Waals surface area contributed by atoms with Crippen LogP contribution in [0.2, 0.25) is 0 Å². The Kier molecular flexibility index (Phi) is 9.00. The third-order valence-electron chi connectivity index (χ3n) is 3.47. The summed E-state index contributed by atoms with van der Waals surface area (Å²) in [6, 6.07) is 3.63. The topological polar surface area (TPSA) is 76.0 Å². The summed E-state index contributed by atoms with van der Waals surface area (Å²) >= 11 is 0. The maximum Gasteiger partial charge on any atom is 2.00 e. The molecule has 0 fully saturated rings. The van der Waals surface area contributed by atoms with Gasteiger partial charge >= 0.3 is 45.6 Å². The summed E-state index contributed by atoms with van der Waals surface area (Å²) in [5.74, 6) is 0.269. The van der Waals surface area contributed by atoms with Crippen molar-refractivity contribution in [3.8, 4) is 5.75 Å². The smallest absolute Gasteiger partial charge is 1.00 e. The predicted molar refractivity (Wildman–Crippen MR) is 99.7 cm³/mol. The van der Waals surface area contributed by atoms with Crippen molar-refractivity contribution in [2.75, 3.05) is 6.61 Å². The summed E-state index contributed by atoms with van der Waals surface area (Å²) in [6.45, 7) is 13.7. The predicted octanol–water partition coefficient (Wildman–Crippen LogP) is 4.48. The molecule has 1 aromatic rings. The van der Waals surface area contributed by atoms with E-state index in [-0.39, 0.29) is 70.4 Å². The summed E-state index contributed by atoms with van der Waals surface area (Å²) in [6.07, 6.45) is 0. The van der Waals surface area contributed by atoms with Gasteiger partial charge < -0.3 is 12.9 Å². The van der Waals surface area contributed by atoms with Gasteiger partial charge in [0.15, 0.2) is 0 Å². The monoisotopic (exact) mass is 386 g/mol. The van der Waals surface area contributed by atoms with Crippen LogP contribution in [0.5, 0.6) is 5.75 Å². The first-order valence-electron chi connectivity index (χ1n) is 7.76.